The quantitative estimate of drug-likeness (QED) is 0.406. The summed E-state index contributed by atoms with van der Waals surface area (Å²) in [6.45, 7) is 0. The maximum absolute atomic E-state index is 12.8. The largest absolute Gasteiger partial charge is 0.506 e. The summed E-state index contributed by atoms with van der Waals surface area (Å²) in [6, 6.07) is 14.4. The van der Waals surface area contributed by atoms with Gasteiger partial charge in [0, 0.05) is 15.8 Å². The highest BCUT2D eigenvalue weighted by Crippen LogP contribution is 2.42. The van der Waals surface area contributed by atoms with E-state index in [0.29, 0.717) is 31.5 Å². The number of nitrogens with one attached hydrogen (secondary N) is 2. The third kappa shape index (κ3) is 3.64. The molecule has 3 N–H and O–H groups in total. The van der Waals surface area contributed by atoms with Crippen LogP contribution >= 0.6 is 23.4 Å². The van der Waals surface area contributed by atoms with Gasteiger partial charge in [0.1, 0.15) is 12.1 Å². The Hall–Kier alpha value is -2.75. The first-order valence-corrected chi connectivity index (χ1v) is 10.7. The third-order valence-electron chi connectivity index (χ3n) is 3.95. The van der Waals surface area contributed by atoms with Gasteiger partial charge in [-0.3, -0.25) is 9.82 Å². The van der Waals surface area contributed by atoms with E-state index in [-0.39, 0.29) is 10.6 Å². The van der Waals surface area contributed by atoms with Crippen LogP contribution in [0.2, 0.25) is 5.02 Å². The number of hydrogen-bond donors (Lipinski definition) is 3. The lowest BCUT2D eigenvalue weighted by molar-refractivity contribution is 0.469. The van der Waals surface area contributed by atoms with Crippen molar-refractivity contribution in [3.8, 4) is 5.75 Å². The highest BCUT2D eigenvalue weighted by atomic mass is 35.5. The Morgan fingerprint density at radius 3 is 2.46 bits per heavy atom. The molecule has 1 heterocycles. The Morgan fingerprint density at radius 2 is 1.79 bits per heavy atom. The molecule has 4 rings (SSSR count). The second-order valence-electron chi connectivity index (χ2n) is 5.77. The van der Waals surface area contributed by atoms with Crippen molar-refractivity contribution < 1.29 is 13.5 Å². The lowest BCUT2D eigenvalue weighted by atomic mass is 10.1. The summed E-state index contributed by atoms with van der Waals surface area (Å²) in [5.41, 5.74) is 0.338. The van der Waals surface area contributed by atoms with Gasteiger partial charge in [-0.05, 0) is 42.1 Å². The summed E-state index contributed by atoms with van der Waals surface area (Å²) < 4.78 is 28.2. The Morgan fingerprint density at radius 1 is 1.07 bits per heavy atom. The van der Waals surface area contributed by atoms with Crippen molar-refractivity contribution in [2.75, 3.05) is 4.72 Å². The molecule has 0 aliphatic carbocycles. The molecular weight excluding hydrogens is 420 g/mol. The van der Waals surface area contributed by atoms with Crippen LogP contribution in [0.1, 0.15) is 0 Å². The molecule has 0 aliphatic heterocycles. The van der Waals surface area contributed by atoms with Gasteiger partial charge in [-0.15, -0.1) is 0 Å². The molecule has 0 saturated heterocycles. The van der Waals surface area contributed by atoms with Gasteiger partial charge in [0.05, 0.1) is 15.5 Å². The molecule has 10 heteroatoms. The number of fused-ring (bicyclic) bond motifs is 1. The number of phenolic OH excluding ortho intramolecular Hbond substituents is 1. The zero-order valence-corrected chi connectivity index (χ0v) is 16.5. The van der Waals surface area contributed by atoms with Gasteiger partial charge in [0.15, 0.2) is 5.16 Å². The van der Waals surface area contributed by atoms with E-state index in [1.54, 1.807) is 30.3 Å². The maximum atomic E-state index is 12.8. The van der Waals surface area contributed by atoms with Crippen LogP contribution in [0.5, 0.6) is 5.75 Å². The zero-order chi connectivity index (χ0) is 19.7. The van der Waals surface area contributed by atoms with Crippen LogP contribution in [0.3, 0.4) is 0 Å². The molecular formula is C18H13ClN4O3S2. The monoisotopic (exact) mass is 432 g/mol. The van der Waals surface area contributed by atoms with Crippen molar-refractivity contribution in [2.45, 2.75) is 14.9 Å². The molecule has 0 bridgehead atoms. The Labute approximate surface area is 169 Å². The van der Waals surface area contributed by atoms with Crippen molar-refractivity contribution in [1.82, 2.24) is 15.2 Å². The fraction of sp³-hybridized carbons (Fsp3) is 0. The number of sulfonamides is 1. The topological polar surface area (TPSA) is 108 Å². The average Bonchev–Trinajstić information content (AvgIpc) is 3.19. The summed E-state index contributed by atoms with van der Waals surface area (Å²) in [7, 11) is -3.85. The Kier molecular flexibility index (Phi) is 4.88. The van der Waals surface area contributed by atoms with E-state index >= 15 is 0 Å². The standard InChI is InChI=1S/C18H13ClN4O3S2/c19-11-5-7-12(8-6-11)28(25,26)23-15-9-16(27-18-20-10-21-22-18)17(24)14-4-2-1-3-13(14)15/h1-10,23-24H,(H,20,21,22). The number of anilines is 1. The summed E-state index contributed by atoms with van der Waals surface area (Å²) in [6.07, 6.45) is 1.35. The molecule has 142 valence electrons. The average molecular weight is 433 g/mol. The first-order chi connectivity index (χ1) is 13.4. The molecule has 0 atom stereocenters. The van der Waals surface area contributed by atoms with Crippen molar-refractivity contribution in [3.63, 3.8) is 0 Å². The molecule has 0 saturated carbocycles. The zero-order valence-electron chi connectivity index (χ0n) is 14.1. The van der Waals surface area contributed by atoms with Crippen LogP contribution in [0.4, 0.5) is 5.69 Å². The molecule has 1 aromatic heterocycles. The van der Waals surface area contributed by atoms with E-state index in [2.05, 4.69) is 19.9 Å². The summed E-state index contributed by atoms with van der Waals surface area (Å²) in [4.78, 5) is 4.54. The number of aromatic hydroxyl groups is 1. The number of phenols is 1. The van der Waals surface area contributed by atoms with Crippen molar-refractivity contribution in [1.29, 1.82) is 0 Å². The van der Waals surface area contributed by atoms with Crippen molar-refractivity contribution in [2.24, 2.45) is 0 Å². The highest BCUT2D eigenvalue weighted by Gasteiger charge is 2.19. The minimum absolute atomic E-state index is 0.0337. The van der Waals surface area contributed by atoms with Crippen molar-refractivity contribution in [3.05, 3.63) is 65.9 Å². The van der Waals surface area contributed by atoms with Crippen LogP contribution in [-0.2, 0) is 10.0 Å². The second-order valence-corrected chi connectivity index (χ2v) is 8.92. The van der Waals surface area contributed by atoms with E-state index in [4.69, 9.17) is 11.6 Å². The molecule has 7 nitrogen and oxygen atoms in total. The van der Waals surface area contributed by atoms with Crippen LogP contribution in [0, 0.1) is 0 Å². The molecule has 0 spiro atoms. The molecule has 0 unspecified atom stereocenters. The number of rotatable bonds is 5. The molecule has 3 aromatic carbocycles. The number of aromatic amines is 1. The van der Waals surface area contributed by atoms with E-state index in [9.17, 15) is 13.5 Å². The van der Waals surface area contributed by atoms with Gasteiger partial charge >= 0.3 is 0 Å². The minimum Gasteiger partial charge on any atom is -0.506 e. The fourth-order valence-electron chi connectivity index (χ4n) is 2.66. The SMILES string of the molecule is O=S(=O)(Nc1cc(Sc2ncn[nH]2)c(O)c2ccccc12)c1ccc(Cl)cc1. The number of hydrogen-bond acceptors (Lipinski definition) is 6. The van der Waals surface area contributed by atoms with Gasteiger partial charge < -0.3 is 5.11 Å². The van der Waals surface area contributed by atoms with E-state index in [1.807, 2.05) is 0 Å². The smallest absolute Gasteiger partial charge is 0.261 e. The Bertz CT molecular complexity index is 1240. The number of halogens is 1. The molecule has 0 aliphatic rings. The van der Waals surface area contributed by atoms with Gasteiger partial charge in [-0.1, -0.05) is 35.9 Å². The number of H-pyrrole nitrogens is 1. The van der Waals surface area contributed by atoms with E-state index in [0.717, 1.165) is 11.8 Å². The first-order valence-electron chi connectivity index (χ1n) is 8.00. The second kappa shape index (κ2) is 7.34. The van der Waals surface area contributed by atoms with E-state index in [1.165, 1.54) is 30.6 Å². The molecule has 28 heavy (non-hydrogen) atoms. The maximum Gasteiger partial charge on any atom is 0.261 e. The van der Waals surface area contributed by atoms with Gasteiger partial charge in [0.25, 0.3) is 10.0 Å². The normalized spacial score (nSPS) is 11.6. The number of benzene rings is 3. The number of nitrogens with zero attached hydrogens (tertiary/aromatic N) is 2. The molecule has 0 radical (unpaired) electrons. The summed E-state index contributed by atoms with van der Waals surface area (Å²) in [5, 5.41) is 19.1. The lowest BCUT2D eigenvalue weighted by Crippen LogP contribution is -2.13. The fourth-order valence-corrected chi connectivity index (χ4v) is 4.65. The summed E-state index contributed by atoms with van der Waals surface area (Å²) in [5.74, 6) is 0.0337. The predicted molar refractivity (Wildman–Crippen MR) is 108 cm³/mol. The minimum atomic E-state index is -3.85. The molecule has 0 fully saturated rings. The predicted octanol–water partition coefficient (Wildman–Crippen LogP) is 4.27. The van der Waals surface area contributed by atoms with Crippen molar-refractivity contribution >= 4 is 49.8 Å². The van der Waals surface area contributed by atoms with Crippen LogP contribution in [0.15, 0.2) is 75.9 Å². The van der Waals surface area contributed by atoms with Gasteiger partial charge in [-0.2, -0.15) is 5.10 Å². The van der Waals surface area contributed by atoms with Gasteiger partial charge in [-0.25, -0.2) is 13.4 Å². The van der Waals surface area contributed by atoms with Gasteiger partial charge in [0.2, 0.25) is 0 Å². The molecule has 4 aromatic rings. The number of aromatic nitrogens is 3. The Balaban J connectivity index is 1.81. The lowest BCUT2D eigenvalue weighted by Gasteiger charge is -2.14. The van der Waals surface area contributed by atoms with Crippen LogP contribution in [0.25, 0.3) is 10.8 Å². The summed E-state index contributed by atoms with van der Waals surface area (Å²) >= 11 is 6.99. The van der Waals surface area contributed by atoms with E-state index < -0.39 is 10.0 Å². The first kappa shape index (κ1) is 18.6. The highest BCUT2D eigenvalue weighted by molar-refractivity contribution is 7.99. The van der Waals surface area contributed by atoms with Crippen LogP contribution in [-0.4, -0.2) is 28.7 Å². The molecule has 0 amide bonds. The third-order valence-corrected chi connectivity index (χ3v) is 6.50. The van der Waals surface area contributed by atoms with Crippen LogP contribution < -0.4 is 4.72 Å².